The molecule has 0 aromatic heterocycles. The normalized spacial score (nSPS) is 23.4. The molecule has 112 valence electrons. The first kappa shape index (κ1) is 15.5. The molecule has 1 aromatic rings. The van der Waals surface area contributed by atoms with E-state index in [1.165, 1.54) is 12.0 Å². The molecule has 20 heavy (non-hydrogen) atoms. The summed E-state index contributed by atoms with van der Waals surface area (Å²) < 4.78 is 0. The van der Waals surface area contributed by atoms with Crippen LogP contribution in [0.15, 0.2) is 30.3 Å². The van der Waals surface area contributed by atoms with Crippen LogP contribution in [0.5, 0.6) is 0 Å². The highest BCUT2D eigenvalue weighted by molar-refractivity contribution is 5.20. The smallest absolute Gasteiger partial charge is 0.0455 e. The van der Waals surface area contributed by atoms with Crippen molar-refractivity contribution in [1.82, 2.24) is 9.80 Å². The summed E-state index contributed by atoms with van der Waals surface area (Å²) >= 11 is 0. The quantitative estimate of drug-likeness (QED) is 0.895. The van der Waals surface area contributed by atoms with E-state index in [9.17, 15) is 0 Å². The number of likely N-dealkylation sites (N-methyl/N-ethyl adjacent to an activating group) is 1. The molecule has 1 aromatic carbocycles. The largest absolute Gasteiger partial charge is 0.323 e. The van der Waals surface area contributed by atoms with E-state index in [0.717, 1.165) is 13.1 Å². The van der Waals surface area contributed by atoms with Gasteiger partial charge in [0.25, 0.3) is 0 Å². The Labute approximate surface area is 123 Å². The van der Waals surface area contributed by atoms with Gasteiger partial charge in [0.1, 0.15) is 0 Å². The van der Waals surface area contributed by atoms with Gasteiger partial charge in [0, 0.05) is 31.2 Å². The zero-order chi connectivity index (χ0) is 14.7. The lowest BCUT2D eigenvalue weighted by atomic mass is 9.90. The lowest BCUT2D eigenvalue weighted by Crippen LogP contribution is -2.46. The average molecular weight is 275 g/mol. The number of hydrogen-bond acceptors (Lipinski definition) is 3. The maximum atomic E-state index is 6.59. The van der Waals surface area contributed by atoms with Gasteiger partial charge in [-0.05, 0) is 32.0 Å². The first-order valence-electron chi connectivity index (χ1n) is 7.71. The average Bonchev–Trinajstić information content (AvgIpc) is 2.89. The second kappa shape index (κ2) is 6.70. The summed E-state index contributed by atoms with van der Waals surface area (Å²) in [4.78, 5) is 4.93. The minimum atomic E-state index is 0.0945. The van der Waals surface area contributed by atoms with E-state index in [1.54, 1.807) is 0 Å². The number of rotatable bonds is 5. The lowest BCUT2D eigenvalue weighted by molar-refractivity contribution is 0.150. The summed E-state index contributed by atoms with van der Waals surface area (Å²) in [5, 5.41) is 0. The number of nitrogens with two attached hydrogens (primary N) is 1. The van der Waals surface area contributed by atoms with Crippen LogP contribution in [0.3, 0.4) is 0 Å². The predicted octanol–water partition coefficient (Wildman–Crippen LogP) is 2.35. The van der Waals surface area contributed by atoms with Crippen molar-refractivity contribution in [1.29, 1.82) is 0 Å². The van der Waals surface area contributed by atoms with Gasteiger partial charge >= 0.3 is 0 Å². The van der Waals surface area contributed by atoms with Crippen molar-refractivity contribution < 1.29 is 0 Å². The maximum Gasteiger partial charge on any atom is 0.0455 e. The van der Waals surface area contributed by atoms with Crippen LogP contribution in [0.1, 0.15) is 31.9 Å². The van der Waals surface area contributed by atoms with Crippen molar-refractivity contribution in [3.8, 4) is 0 Å². The van der Waals surface area contributed by atoms with Gasteiger partial charge in [-0.25, -0.2) is 0 Å². The third kappa shape index (κ3) is 3.40. The van der Waals surface area contributed by atoms with Gasteiger partial charge in [0.15, 0.2) is 0 Å². The summed E-state index contributed by atoms with van der Waals surface area (Å²) in [6, 6.07) is 11.7. The summed E-state index contributed by atoms with van der Waals surface area (Å²) in [5.74, 6) is 0.561. The van der Waals surface area contributed by atoms with Crippen molar-refractivity contribution in [3.63, 3.8) is 0 Å². The monoisotopic (exact) mass is 275 g/mol. The van der Waals surface area contributed by atoms with Gasteiger partial charge < -0.3 is 10.6 Å². The highest BCUT2D eigenvalue weighted by Crippen LogP contribution is 2.28. The van der Waals surface area contributed by atoms with Crippen LogP contribution in [0.2, 0.25) is 0 Å². The predicted molar refractivity (Wildman–Crippen MR) is 85.7 cm³/mol. The first-order valence-corrected chi connectivity index (χ1v) is 7.71. The van der Waals surface area contributed by atoms with Crippen LogP contribution in [0, 0.1) is 5.92 Å². The van der Waals surface area contributed by atoms with Crippen LogP contribution in [0.25, 0.3) is 0 Å². The fraction of sp³-hybridized carbons (Fsp3) is 0.647. The SMILES string of the molecule is CC(C)C(C(N)c1ccccc1)N1CCC(N(C)C)C1. The van der Waals surface area contributed by atoms with E-state index < -0.39 is 0 Å². The molecule has 2 N–H and O–H groups in total. The van der Waals surface area contributed by atoms with Gasteiger partial charge in [0.2, 0.25) is 0 Å². The summed E-state index contributed by atoms with van der Waals surface area (Å²) in [5.41, 5.74) is 7.84. The molecular formula is C17H29N3. The Balaban J connectivity index is 2.12. The number of nitrogens with zero attached hydrogens (tertiary/aromatic N) is 2. The third-order valence-electron chi connectivity index (χ3n) is 4.58. The Morgan fingerprint density at radius 3 is 2.35 bits per heavy atom. The summed E-state index contributed by atoms with van der Waals surface area (Å²) in [6.45, 7) is 6.87. The van der Waals surface area contributed by atoms with E-state index in [4.69, 9.17) is 5.73 Å². The Morgan fingerprint density at radius 1 is 1.20 bits per heavy atom. The topological polar surface area (TPSA) is 32.5 Å². The second-order valence-corrected chi connectivity index (χ2v) is 6.57. The van der Waals surface area contributed by atoms with E-state index in [1.807, 2.05) is 0 Å². The van der Waals surface area contributed by atoms with Crippen LogP contribution in [-0.2, 0) is 0 Å². The van der Waals surface area contributed by atoms with Crippen molar-refractivity contribution in [2.24, 2.45) is 11.7 Å². The molecule has 1 aliphatic heterocycles. The lowest BCUT2D eigenvalue weighted by Gasteiger charge is -2.36. The van der Waals surface area contributed by atoms with E-state index in [-0.39, 0.29) is 6.04 Å². The van der Waals surface area contributed by atoms with Gasteiger partial charge in [-0.1, -0.05) is 44.2 Å². The summed E-state index contributed by atoms with van der Waals surface area (Å²) in [6.07, 6.45) is 1.25. The highest BCUT2D eigenvalue weighted by atomic mass is 15.3. The van der Waals surface area contributed by atoms with E-state index in [2.05, 4.69) is 68.1 Å². The molecule has 3 unspecified atom stereocenters. The first-order chi connectivity index (χ1) is 9.50. The Kier molecular flexibility index (Phi) is 5.19. The molecule has 1 aliphatic rings. The summed E-state index contributed by atoms with van der Waals surface area (Å²) in [7, 11) is 4.35. The van der Waals surface area contributed by atoms with Crippen molar-refractivity contribution in [2.45, 2.75) is 38.4 Å². The van der Waals surface area contributed by atoms with Crippen LogP contribution in [0.4, 0.5) is 0 Å². The molecular weight excluding hydrogens is 246 g/mol. The van der Waals surface area contributed by atoms with Gasteiger partial charge in [0.05, 0.1) is 0 Å². The third-order valence-corrected chi connectivity index (χ3v) is 4.58. The molecule has 1 fully saturated rings. The molecule has 3 atom stereocenters. The molecule has 0 saturated carbocycles. The van der Waals surface area contributed by atoms with Crippen LogP contribution in [-0.4, -0.2) is 49.1 Å². The standard InChI is InChI=1S/C17H29N3/c1-13(2)17(16(18)14-8-6-5-7-9-14)20-11-10-15(12-20)19(3)4/h5-9,13,15-17H,10-12,18H2,1-4H3. The minimum Gasteiger partial charge on any atom is -0.323 e. The number of hydrogen-bond donors (Lipinski definition) is 1. The van der Waals surface area contributed by atoms with Crippen molar-refractivity contribution in [3.05, 3.63) is 35.9 Å². The Morgan fingerprint density at radius 2 is 1.85 bits per heavy atom. The zero-order valence-corrected chi connectivity index (χ0v) is 13.3. The van der Waals surface area contributed by atoms with Crippen molar-refractivity contribution in [2.75, 3.05) is 27.2 Å². The van der Waals surface area contributed by atoms with Crippen LogP contribution < -0.4 is 5.73 Å². The van der Waals surface area contributed by atoms with Crippen LogP contribution >= 0.6 is 0 Å². The highest BCUT2D eigenvalue weighted by Gasteiger charge is 2.34. The van der Waals surface area contributed by atoms with Gasteiger partial charge in [-0.3, -0.25) is 4.90 Å². The number of likely N-dealkylation sites (tertiary alicyclic amines) is 1. The van der Waals surface area contributed by atoms with E-state index >= 15 is 0 Å². The van der Waals surface area contributed by atoms with Crippen molar-refractivity contribution >= 4 is 0 Å². The van der Waals surface area contributed by atoms with Gasteiger partial charge in [-0.2, -0.15) is 0 Å². The molecule has 0 bridgehead atoms. The number of benzene rings is 1. The second-order valence-electron chi connectivity index (χ2n) is 6.57. The Bertz CT molecular complexity index is 402. The molecule has 1 heterocycles. The molecule has 3 nitrogen and oxygen atoms in total. The zero-order valence-electron chi connectivity index (χ0n) is 13.3. The molecule has 2 rings (SSSR count). The molecule has 1 saturated heterocycles. The molecule has 0 aliphatic carbocycles. The van der Waals surface area contributed by atoms with E-state index in [0.29, 0.717) is 18.0 Å². The molecule has 3 heteroatoms. The minimum absolute atomic E-state index is 0.0945. The molecule has 0 spiro atoms. The maximum absolute atomic E-state index is 6.59. The molecule has 0 radical (unpaired) electrons. The Hall–Kier alpha value is -0.900. The molecule has 0 amide bonds. The van der Waals surface area contributed by atoms with Gasteiger partial charge in [-0.15, -0.1) is 0 Å². The fourth-order valence-electron chi connectivity index (χ4n) is 3.40. The fourth-order valence-corrected chi connectivity index (χ4v) is 3.40.